The molecule has 1 atom stereocenters. The number of aliphatic imine (C=N–C) groups is 1. The second-order valence-electron chi connectivity index (χ2n) is 3.39. The number of thioether (sulfide) groups is 1. The molecule has 0 aliphatic carbocycles. The lowest BCUT2D eigenvalue weighted by Gasteiger charge is -2.32. The first-order chi connectivity index (χ1) is 7.19. The van der Waals surface area contributed by atoms with E-state index < -0.39 is 0 Å². The Labute approximate surface area is 93.3 Å². The molecule has 1 unspecified atom stereocenters. The molecule has 5 nitrogen and oxygen atoms in total. The Morgan fingerprint density at radius 2 is 2.47 bits per heavy atom. The Balaban J connectivity index is 2.67. The molecule has 1 saturated heterocycles. The van der Waals surface area contributed by atoms with Gasteiger partial charge in [0.2, 0.25) is 12.1 Å². The van der Waals surface area contributed by atoms with E-state index >= 15 is 0 Å². The van der Waals surface area contributed by atoms with E-state index in [1.54, 1.807) is 6.19 Å². The number of amidine groups is 1. The summed E-state index contributed by atoms with van der Waals surface area (Å²) in [5, 5.41) is 9.17. The molecule has 1 rings (SSSR count). The Morgan fingerprint density at radius 3 is 3.00 bits per heavy atom. The summed E-state index contributed by atoms with van der Waals surface area (Å²) in [4.78, 5) is 16.7. The highest BCUT2D eigenvalue weighted by molar-refractivity contribution is 8.13. The fraction of sp³-hybridized carbons (Fsp3) is 0.667. The van der Waals surface area contributed by atoms with Crippen molar-refractivity contribution in [3.63, 3.8) is 0 Å². The van der Waals surface area contributed by atoms with Crippen molar-refractivity contribution < 1.29 is 4.79 Å². The molecule has 1 heterocycles. The minimum absolute atomic E-state index is 0.116. The van der Waals surface area contributed by atoms with Crippen LogP contribution in [0.2, 0.25) is 0 Å². The second kappa shape index (κ2) is 5.61. The summed E-state index contributed by atoms with van der Waals surface area (Å²) in [6.07, 6.45) is 5.38. The second-order valence-corrected chi connectivity index (χ2v) is 4.16. The zero-order valence-electron chi connectivity index (χ0n) is 8.64. The van der Waals surface area contributed by atoms with Gasteiger partial charge in [0.1, 0.15) is 0 Å². The Kier molecular flexibility index (Phi) is 4.43. The number of amides is 1. The molecule has 82 valence electrons. The maximum Gasteiger partial charge on any atom is 0.222 e. The molecule has 0 bridgehead atoms. The van der Waals surface area contributed by atoms with Crippen molar-refractivity contribution in [2.45, 2.75) is 12.8 Å². The van der Waals surface area contributed by atoms with Gasteiger partial charge in [0.25, 0.3) is 0 Å². The maximum atomic E-state index is 11.1. The van der Waals surface area contributed by atoms with Gasteiger partial charge in [-0.2, -0.15) is 5.26 Å². The van der Waals surface area contributed by atoms with Crippen LogP contribution in [0.3, 0.4) is 0 Å². The van der Waals surface area contributed by atoms with Crippen LogP contribution in [0.4, 0.5) is 0 Å². The van der Waals surface area contributed by atoms with Crippen LogP contribution in [0.1, 0.15) is 12.8 Å². The molecular weight excluding hydrogens is 212 g/mol. The quantitative estimate of drug-likeness (QED) is 0.398. The van der Waals surface area contributed by atoms with Gasteiger partial charge in [-0.05, 0) is 19.1 Å². The van der Waals surface area contributed by atoms with Crippen LogP contribution in [0, 0.1) is 17.4 Å². The first-order valence-electron chi connectivity index (χ1n) is 4.74. The highest BCUT2D eigenvalue weighted by atomic mass is 32.2. The van der Waals surface area contributed by atoms with E-state index in [4.69, 9.17) is 11.0 Å². The lowest BCUT2D eigenvalue weighted by Crippen LogP contribution is -2.43. The molecule has 0 aromatic rings. The SMILES string of the molecule is CSC(=NC#N)N1CCCC(C(N)=O)C1. The lowest BCUT2D eigenvalue weighted by molar-refractivity contribution is -0.122. The minimum atomic E-state index is -0.267. The average molecular weight is 226 g/mol. The molecule has 0 saturated carbocycles. The molecule has 0 aromatic heterocycles. The number of hydrogen-bond donors (Lipinski definition) is 1. The molecule has 0 aromatic carbocycles. The third-order valence-corrected chi connectivity index (χ3v) is 3.14. The number of rotatable bonds is 1. The number of primary amides is 1. The molecule has 1 aliphatic rings. The Hall–Kier alpha value is -1.22. The zero-order chi connectivity index (χ0) is 11.3. The average Bonchev–Trinajstić information content (AvgIpc) is 2.26. The predicted octanol–water partition coefficient (Wildman–Crippen LogP) is 0.384. The van der Waals surface area contributed by atoms with E-state index in [1.165, 1.54) is 11.8 Å². The fourth-order valence-electron chi connectivity index (χ4n) is 1.67. The van der Waals surface area contributed by atoms with E-state index in [0.717, 1.165) is 19.4 Å². The first-order valence-corrected chi connectivity index (χ1v) is 5.96. The summed E-state index contributed by atoms with van der Waals surface area (Å²) >= 11 is 1.42. The molecule has 1 aliphatic heterocycles. The van der Waals surface area contributed by atoms with E-state index in [-0.39, 0.29) is 11.8 Å². The number of carbonyl (C=O) groups excluding carboxylic acids is 1. The summed E-state index contributed by atoms with van der Waals surface area (Å²) in [5.74, 6) is -0.382. The molecule has 6 heteroatoms. The number of hydrogen-bond acceptors (Lipinski definition) is 4. The van der Waals surface area contributed by atoms with E-state index in [2.05, 4.69) is 4.99 Å². The first kappa shape index (κ1) is 11.9. The lowest BCUT2D eigenvalue weighted by atomic mass is 9.98. The van der Waals surface area contributed by atoms with Crippen molar-refractivity contribution >= 4 is 22.8 Å². The Morgan fingerprint density at radius 1 is 1.73 bits per heavy atom. The van der Waals surface area contributed by atoms with Gasteiger partial charge in [-0.1, -0.05) is 11.8 Å². The molecular formula is C9H14N4OS. The van der Waals surface area contributed by atoms with Crippen LogP contribution in [0.15, 0.2) is 4.99 Å². The monoisotopic (exact) mass is 226 g/mol. The van der Waals surface area contributed by atoms with Crippen molar-refractivity contribution in [2.75, 3.05) is 19.3 Å². The summed E-state index contributed by atoms with van der Waals surface area (Å²) in [7, 11) is 0. The smallest absolute Gasteiger partial charge is 0.222 e. The van der Waals surface area contributed by atoms with Gasteiger partial charge in [0.15, 0.2) is 5.17 Å². The third kappa shape index (κ3) is 3.13. The van der Waals surface area contributed by atoms with E-state index in [0.29, 0.717) is 11.7 Å². The van der Waals surface area contributed by atoms with Crippen LogP contribution in [0.25, 0.3) is 0 Å². The minimum Gasteiger partial charge on any atom is -0.369 e. The number of nitrogens with zero attached hydrogens (tertiary/aromatic N) is 3. The number of likely N-dealkylation sites (tertiary alicyclic amines) is 1. The van der Waals surface area contributed by atoms with Gasteiger partial charge in [-0.25, -0.2) is 0 Å². The number of piperidine rings is 1. The van der Waals surface area contributed by atoms with E-state index in [1.807, 2.05) is 11.2 Å². The molecule has 1 fully saturated rings. The van der Waals surface area contributed by atoms with Crippen molar-refractivity contribution in [3.8, 4) is 6.19 Å². The van der Waals surface area contributed by atoms with Crippen LogP contribution in [-0.4, -0.2) is 35.3 Å². The largest absolute Gasteiger partial charge is 0.369 e. The van der Waals surface area contributed by atoms with Crippen LogP contribution >= 0.6 is 11.8 Å². The fourth-order valence-corrected chi connectivity index (χ4v) is 2.23. The predicted molar refractivity (Wildman–Crippen MR) is 60.1 cm³/mol. The van der Waals surface area contributed by atoms with Gasteiger partial charge in [-0.3, -0.25) is 4.79 Å². The zero-order valence-corrected chi connectivity index (χ0v) is 9.46. The number of carbonyl (C=O) groups is 1. The molecule has 15 heavy (non-hydrogen) atoms. The molecule has 0 spiro atoms. The molecule has 2 N–H and O–H groups in total. The van der Waals surface area contributed by atoms with Gasteiger partial charge in [0.05, 0.1) is 5.92 Å². The van der Waals surface area contributed by atoms with Crippen molar-refractivity contribution in [1.82, 2.24) is 4.90 Å². The Bertz CT molecular complexity index is 310. The normalized spacial score (nSPS) is 22.3. The summed E-state index contributed by atoms with van der Waals surface area (Å²) in [5.41, 5.74) is 5.27. The van der Waals surface area contributed by atoms with Crippen molar-refractivity contribution in [2.24, 2.45) is 16.6 Å². The number of nitriles is 1. The maximum absolute atomic E-state index is 11.1. The van der Waals surface area contributed by atoms with Crippen LogP contribution in [0.5, 0.6) is 0 Å². The topological polar surface area (TPSA) is 82.5 Å². The van der Waals surface area contributed by atoms with Crippen molar-refractivity contribution in [1.29, 1.82) is 5.26 Å². The van der Waals surface area contributed by atoms with E-state index in [9.17, 15) is 4.79 Å². The third-order valence-electron chi connectivity index (χ3n) is 2.42. The molecule has 0 radical (unpaired) electrons. The van der Waals surface area contributed by atoms with Gasteiger partial charge < -0.3 is 10.6 Å². The summed E-state index contributed by atoms with van der Waals surface area (Å²) in [6, 6.07) is 0. The van der Waals surface area contributed by atoms with Gasteiger partial charge in [0, 0.05) is 13.1 Å². The van der Waals surface area contributed by atoms with Crippen LogP contribution in [-0.2, 0) is 4.79 Å². The van der Waals surface area contributed by atoms with Crippen LogP contribution < -0.4 is 5.73 Å². The highest BCUT2D eigenvalue weighted by Crippen LogP contribution is 2.19. The summed E-state index contributed by atoms with van der Waals surface area (Å²) < 4.78 is 0. The number of nitrogens with two attached hydrogens (primary N) is 1. The van der Waals surface area contributed by atoms with Crippen molar-refractivity contribution in [3.05, 3.63) is 0 Å². The van der Waals surface area contributed by atoms with Gasteiger partial charge >= 0.3 is 0 Å². The van der Waals surface area contributed by atoms with Gasteiger partial charge in [-0.15, -0.1) is 4.99 Å². The molecule has 1 amide bonds. The standard InChI is InChI=1S/C9H14N4OS/c1-15-9(12-6-10)13-4-2-3-7(5-13)8(11)14/h7H,2-5H2,1H3,(H2,11,14). The summed E-state index contributed by atoms with van der Waals surface area (Å²) in [6.45, 7) is 1.42. The highest BCUT2D eigenvalue weighted by Gasteiger charge is 2.25.